The SMILES string of the molecule is CNC(c1ccccc1)c1ccc(F)c(Cl)c1. The molecule has 0 aliphatic rings. The Bertz CT molecular complexity index is 499. The molecule has 1 unspecified atom stereocenters. The van der Waals surface area contributed by atoms with Gasteiger partial charge in [-0.1, -0.05) is 48.0 Å². The van der Waals surface area contributed by atoms with E-state index < -0.39 is 5.82 Å². The van der Waals surface area contributed by atoms with Crippen molar-refractivity contribution in [3.05, 3.63) is 70.5 Å². The highest BCUT2D eigenvalue weighted by Gasteiger charge is 2.12. The van der Waals surface area contributed by atoms with Crippen LogP contribution in [-0.4, -0.2) is 7.05 Å². The van der Waals surface area contributed by atoms with Crippen LogP contribution in [0.1, 0.15) is 17.2 Å². The standard InChI is InChI=1S/C14H13ClFN/c1-17-14(10-5-3-2-4-6-10)11-7-8-13(16)12(15)9-11/h2-9,14,17H,1H3. The van der Waals surface area contributed by atoms with E-state index in [0.29, 0.717) is 0 Å². The molecule has 0 spiro atoms. The maximum atomic E-state index is 13.1. The quantitative estimate of drug-likeness (QED) is 0.873. The molecule has 0 aliphatic carbocycles. The molecule has 1 N–H and O–H groups in total. The van der Waals surface area contributed by atoms with E-state index in [9.17, 15) is 4.39 Å². The Morgan fingerprint density at radius 3 is 2.35 bits per heavy atom. The average molecular weight is 250 g/mol. The van der Waals surface area contributed by atoms with Crippen LogP contribution in [0.2, 0.25) is 5.02 Å². The third kappa shape index (κ3) is 2.65. The lowest BCUT2D eigenvalue weighted by Crippen LogP contribution is -2.17. The van der Waals surface area contributed by atoms with Gasteiger partial charge in [0.25, 0.3) is 0 Å². The van der Waals surface area contributed by atoms with Gasteiger partial charge in [0.15, 0.2) is 0 Å². The van der Waals surface area contributed by atoms with Crippen LogP contribution in [0.3, 0.4) is 0 Å². The van der Waals surface area contributed by atoms with E-state index in [1.807, 2.05) is 37.4 Å². The van der Waals surface area contributed by atoms with Crippen LogP contribution in [-0.2, 0) is 0 Å². The van der Waals surface area contributed by atoms with Crippen LogP contribution in [0, 0.1) is 5.82 Å². The lowest BCUT2D eigenvalue weighted by Gasteiger charge is -2.17. The molecule has 0 fully saturated rings. The average Bonchev–Trinajstić information content (AvgIpc) is 2.36. The maximum absolute atomic E-state index is 13.1. The van der Waals surface area contributed by atoms with Gasteiger partial charge in [0, 0.05) is 0 Å². The Morgan fingerprint density at radius 2 is 1.76 bits per heavy atom. The predicted octanol–water partition coefficient (Wildman–Crippen LogP) is 3.79. The molecule has 0 aliphatic heterocycles. The molecular weight excluding hydrogens is 237 g/mol. The molecule has 0 aromatic heterocycles. The zero-order valence-electron chi connectivity index (χ0n) is 9.45. The molecule has 0 saturated heterocycles. The molecule has 2 aromatic rings. The molecule has 0 radical (unpaired) electrons. The first-order valence-corrected chi connectivity index (χ1v) is 5.77. The Hall–Kier alpha value is -1.38. The van der Waals surface area contributed by atoms with Crippen molar-refractivity contribution in [2.24, 2.45) is 0 Å². The van der Waals surface area contributed by atoms with Crippen molar-refractivity contribution < 1.29 is 4.39 Å². The van der Waals surface area contributed by atoms with E-state index >= 15 is 0 Å². The lowest BCUT2D eigenvalue weighted by atomic mass is 9.99. The summed E-state index contributed by atoms with van der Waals surface area (Å²) in [6, 6.07) is 14.8. The summed E-state index contributed by atoms with van der Waals surface area (Å²) >= 11 is 5.80. The first kappa shape index (κ1) is 12.1. The Morgan fingerprint density at radius 1 is 1.06 bits per heavy atom. The Labute approximate surface area is 105 Å². The van der Waals surface area contributed by atoms with Crippen LogP contribution in [0.4, 0.5) is 4.39 Å². The summed E-state index contributed by atoms with van der Waals surface area (Å²) in [6.45, 7) is 0. The number of hydrogen-bond donors (Lipinski definition) is 1. The highest BCUT2D eigenvalue weighted by molar-refractivity contribution is 6.30. The summed E-state index contributed by atoms with van der Waals surface area (Å²) < 4.78 is 13.1. The second-order valence-corrected chi connectivity index (χ2v) is 4.21. The molecule has 0 heterocycles. The first-order chi connectivity index (χ1) is 8.22. The lowest BCUT2D eigenvalue weighted by molar-refractivity contribution is 0.624. The second-order valence-electron chi connectivity index (χ2n) is 3.81. The molecule has 17 heavy (non-hydrogen) atoms. The largest absolute Gasteiger partial charge is 0.309 e. The number of halogens is 2. The highest BCUT2D eigenvalue weighted by atomic mass is 35.5. The van der Waals surface area contributed by atoms with Crippen LogP contribution >= 0.6 is 11.6 Å². The van der Waals surface area contributed by atoms with Crippen molar-refractivity contribution in [2.75, 3.05) is 7.05 Å². The van der Waals surface area contributed by atoms with Gasteiger partial charge in [0.05, 0.1) is 11.1 Å². The summed E-state index contributed by atoms with van der Waals surface area (Å²) in [7, 11) is 1.87. The Kier molecular flexibility index (Phi) is 3.77. The normalized spacial score (nSPS) is 12.4. The zero-order valence-corrected chi connectivity index (χ0v) is 10.2. The minimum Gasteiger partial charge on any atom is -0.309 e. The fourth-order valence-corrected chi connectivity index (χ4v) is 2.05. The third-order valence-corrected chi connectivity index (χ3v) is 2.99. The van der Waals surface area contributed by atoms with Gasteiger partial charge >= 0.3 is 0 Å². The number of hydrogen-bond acceptors (Lipinski definition) is 1. The minimum atomic E-state index is -0.390. The summed E-state index contributed by atoms with van der Waals surface area (Å²) in [5, 5.41) is 3.35. The van der Waals surface area contributed by atoms with Gasteiger partial charge in [0.2, 0.25) is 0 Å². The molecule has 2 rings (SSSR count). The summed E-state index contributed by atoms with van der Waals surface area (Å²) in [4.78, 5) is 0. The van der Waals surface area contributed by atoms with Crippen molar-refractivity contribution in [1.82, 2.24) is 5.32 Å². The van der Waals surface area contributed by atoms with E-state index in [4.69, 9.17) is 11.6 Å². The molecule has 0 saturated carbocycles. The third-order valence-electron chi connectivity index (χ3n) is 2.70. The van der Waals surface area contributed by atoms with Crippen LogP contribution in [0.15, 0.2) is 48.5 Å². The van der Waals surface area contributed by atoms with Crippen molar-refractivity contribution in [3.8, 4) is 0 Å². The topological polar surface area (TPSA) is 12.0 Å². The van der Waals surface area contributed by atoms with E-state index in [-0.39, 0.29) is 11.1 Å². The van der Waals surface area contributed by atoms with Crippen LogP contribution in [0.25, 0.3) is 0 Å². The summed E-state index contributed by atoms with van der Waals surface area (Å²) in [5.41, 5.74) is 2.07. The zero-order chi connectivity index (χ0) is 12.3. The second kappa shape index (κ2) is 5.30. The van der Waals surface area contributed by atoms with E-state index in [1.54, 1.807) is 12.1 Å². The van der Waals surface area contributed by atoms with Crippen molar-refractivity contribution >= 4 is 11.6 Å². The molecule has 0 amide bonds. The van der Waals surface area contributed by atoms with Gasteiger partial charge in [-0.25, -0.2) is 4.39 Å². The molecule has 88 valence electrons. The fraction of sp³-hybridized carbons (Fsp3) is 0.143. The smallest absolute Gasteiger partial charge is 0.141 e. The molecule has 2 aromatic carbocycles. The molecule has 0 bridgehead atoms. The molecular formula is C14H13ClFN. The predicted molar refractivity (Wildman–Crippen MR) is 68.8 cm³/mol. The minimum absolute atomic E-state index is 0.0225. The van der Waals surface area contributed by atoms with Crippen LogP contribution in [0.5, 0.6) is 0 Å². The first-order valence-electron chi connectivity index (χ1n) is 5.39. The fourth-order valence-electron chi connectivity index (χ4n) is 1.86. The van der Waals surface area contributed by atoms with Gasteiger partial charge in [-0.2, -0.15) is 0 Å². The maximum Gasteiger partial charge on any atom is 0.141 e. The van der Waals surface area contributed by atoms with Crippen LogP contribution < -0.4 is 5.32 Å². The van der Waals surface area contributed by atoms with E-state index in [1.165, 1.54) is 6.07 Å². The van der Waals surface area contributed by atoms with Gasteiger partial charge in [0.1, 0.15) is 5.82 Å². The van der Waals surface area contributed by atoms with Crippen molar-refractivity contribution in [1.29, 1.82) is 0 Å². The van der Waals surface area contributed by atoms with E-state index in [0.717, 1.165) is 11.1 Å². The number of benzene rings is 2. The van der Waals surface area contributed by atoms with Crippen molar-refractivity contribution in [2.45, 2.75) is 6.04 Å². The van der Waals surface area contributed by atoms with Gasteiger partial charge < -0.3 is 5.32 Å². The molecule has 1 nitrogen and oxygen atoms in total. The monoisotopic (exact) mass is 249 g/mol. The summed E-state index contributed by atoms with van der Waals surface area (Å²) in [6.07, 6.45) is 0. The molecule has 3 heteroatoms. The van der Waals surface area contributed by atoms with Gasteiger partial charge in [-0.3, -0.25) is 0 Å². The Balaban J connectivity index is 2.39. The number of rotatable bonds is 3. The molecule has 1 atom stereocenters. The van der Waals surface area contributed by atoms with Crippen molar-refractivity contribution in [3.63, 3.8) is 0 Å². The summed E-state index contributed by atoms with van der Waals surface area (Å²) in [5.74, 6) is -0.390. The van der Waals surface area contributed by atoms with E-state index in [2.05, 4.69) is 5.32 Å². The van der Waals surface area contributed by atoms with Gasteiger partial charge in [-0.15, -0.1) is 0 Å². The van der Waals surface area contributed by atoms with Gasteiger partial charge in [-0.05, 0) is 30.3 Å². The highest BCUT2D eigenvalue weighted by Crippen LogP contribution is 2.25. The number of nitrogens with one attached hydrogen (secondary N) is 1.